The predicted molar refractivity (Wildman–Crippen MR) is 81.4 cm³/mol. The van der Waals surface area contributed by atoms with E-state index in [1.165, 1.54) is 0 Å². The van der Waals surface area contributed by atoms with Crippen molar-refractivity contribution in [1.29, 1.82) is 0 Å². The molecule has 0 aromatic heterocycles. The monoisotopic (exact) mass is 282 g/mol. The Morgan fingerprint density at radius 3 is 2.30 bits per heavy atom. The van der Waals surface area contributed by atoms with E-state index < -0.39 is 0 Å². The lowest BCUT2D eigenvalue weighted by Gasteiger charge is -2.35. The Hall–Kier alpha value is -1.06. The second kappa shape index (κ2) is 8.98. The highest BCUT2D eigenvalue weighted by Gasteiger charge is 2.30. The van der Waals surface area contributed by atoms with Crippen molar-refractivity contribution in [3.05, 3.63) is 0 Å². The van der Waals surface area contributed by atoms with Crippen LogP contribution in [0.4, 0.5) is 0 Å². The summed E-state index contributed by atoms with van der Waals surface area (Å²) in [5, 5.41) is 0. The molecule has 1 heterocycles. The number of carbonyl (C=O) groups excluding carboxylic acids is 2. The van der Waals surface area contributed by atoms with Gasteiger partial charge in [0, 0.05) is 32.6 Å². The highest BCUT2D eigenvalue weighted by Crippen LogP contribution is 2.20. The van der Waals surface area contributed by atoms with E-state index in [9.17, 15) is 9.59 Å². The Morgan fingerprint density at radius 2 is 1.75 bits per heavy atom. The van der Waals surface area contributed by atoms with Crippen LogP contribution >= 0.6 is 0 Å². The van der Waals surface area contributed by atoms with Gasteiger partial charge < -0.3 is 9.80 Å². The van der Waals surface area contributed by atoms with Crippen LogP contribution in [-0.4, -0.2) is 47.8 Å². The summed E-state index contributed by atoms with van der Waals surface area (Å²) in [6, 6.07) is 0. The van der Waals surface area contributed by atoms with Gasteiger partial charge >= 0.3 is 0 Å². The second-order valence-corrected chi connectivity index (χ2v) is 5.75. The third kappa shape index (κ3) is 4.80. The lowest BCUT2D eigenvalue weighted by molar-refractivity contribution is -0.141. The van der Waals surface area contributed by atoms with Crippen LogP contribution in [0.1, 0.15) is 59.3 Å². The van der Waals surface area contributed by atoms with Crippen LogP contribution in [0.3, 0.4) is 0 Å². The van der Waals surface area contributed by atoms with Gasteiger partial charge in [0.2, 0.25) is 11.8 Å². The SMILES string of the molecule is CCCC(=O)N1CCCC(C(=O)N(CCC)CCC)C1. The van der Waals surface area contributed by atoms with E-state index in [0.29, 0.717) is 13.0 Å². The molecule has 1 rings (SSSR count). The summed E-state index contributed by atoms with van der Waals surface area (Å²) in [5.74, 6) is 0.480. The van der Waals surface area contributed by atoms with Gasteiger partial charge in [-0.1, -0.05) is 20.8 Å². The Kier molecular flexibility index (Phi) is 7.63. The van der Waals surface area contributed by atoms with Gasteiger partial charge in [0.1, 0.15) is 0 Å². The minimum atomic E-state index is 0.0163. The molecule has 2 amide bonds. The molecule has 1 atom stereocenters. The van der Waals surface area contributed by atoms with Crippen LogP contribution in [0.15, 0.2) is 0 Å². The number of likely N-dealkylation sites (tertiary alicyclic amines) is 1. The van der Waals surface area contributed by atoms with Crippen LogP contribution in [0, 0.1) is 5.92 Å². The molecule has 4 heteroatoms. The molecule has 0 aromatic rings. The molecule has 0 saturated carbocycles. The standard InChI is InChI=1S/C16H30N2O2/c1-4-8-15(19)18-12-7-9-14(13-18)16(20)17(10-5-2)11-6-3/h14H,4-13H2,1-3H3. The van der Waals surface area contributed by atoms with Crippen molar-refractivity contribution in [3.8, 4) is 0 Å². The third-order valence-electron chi connectivity index (χ3n) is 3.89. The summed E-state index contributed by atoms with van der Waals surface area (Å²) in [7, 11) is 0. The van der Waals surface area contributed by atoms with E-state index in [1.807, 2.05) is 16.7 Å². The van der Waals surface area contributed by atoms with Gasteiger partial charge in [0.25, 0.3) is 0 Å². The number of nitrogens with zero attached hydrogens (tertiary/aromatic N) is 2. The first-order valence-electron chi connectivity index (χ1n) is 8.20. The fourth-order valence-electron chi connectivity index (χ4n) is 2.91. The normalized spacial score (nSPS) is 18.9. The Bertz CT molecular complexity index is 312. The quantitative estimate of drug-likeness (QED) is 0.720. The number of piperidine rings is 1. The summed E-state index contributed by atoms with van der Waals surface area (Å²) >= 11 is 0. The van der Waals surface area contributed by atoms with Gasteiger partial charge in [-0.25, -0.2) is 0 Å². The molecule has 1 unspecified atom stereocenters. The lowest BCUT2D eigenvalue weighted by atomic mass is 9.96. The molecule has 0 aromatic carbocycles. The van der Waals surface area contributed by atoms with Gasteiger partial charge in [-0.2, -0.15) is 0 Å². The highest BCUT2D eigenvalue weighted by molar-refractivity contribution is 5.81. The third-order valence-corrected chi connectivity index (χ3v) is 3.89. The fourth-order valence-corrected chi connectivity index (χ4v) is 2.91. The van der Waals surface area contributed by atoms with Crippen molar-refractivity contribution in [2.75, 3.05) is 26.2 Å². The Morgan fingerprint density at radius 1 is 1.10 bits per heavy atom. The molecule has 0 radical (unpaired) electrons. The van der Waals surface area contributed by atoms with Crippen LogP contribution < -0.4 is 0 Å². The van der Waals surface area contributed by atoms with Gasteiger partial charge in [-0.3, -0.25) is 9.59 Å². The molecule has 20 heavy (non-hydrogen) atoms. The molecular formula is C16H30N2O2. The summed E-state index contributed by atoms with van der Waals surface area (Å²) < 4.78 is 0. The molecule has 0 N–H and O–H groups in total. The Balaban J connectivity index is 2.60. The number of amides is 2. The van der Waals surface area contributed by atoms with Gasteiger partial charge in [-0.05, 0) is 32.1 Å². The molecule has 1 saturated heterocycles. The maximum absolute atomic E-state index is 12.6. The van der Waals surface area contributed by atoms with E-state index in [2.05, 4.69) is 13.8 Å². The largest absolute Gasteiger partial charge is 0.342 e. The molecule has 4 nitrogen and oxygen atoms in total. The van der Waals surface area contributed by atoms with Crippen molar-refractivity contribution < 1.29 is 9.59 Å². The number of rotatable bonds is 7. The van der Waals surface area contributed by atoms with Crippen LogP contribution in [0.5, 0.6) is 0 Å². The van der Waals surface area contributed by atoms with Crippen molar-refractivity contribution in [2.24, 2.45) is 5.92 Å². The van der Waals surface area contributed by atoms with Crippen molar-refractivity contribution in [2.45, 2.75) is 59.3 Å². The van der Waals surface area contributed by atoms with Crippen molar-refractivity contribution in [1.82, 2.24) is 9.80 Å². The second-order valence-electron chi connectivity index (χ2n) is 5.75. The first kappa shape index (κ1) is 17.0. The first-order valence-corrected chi connectivity index (χ1v) is 8.20. The molecule has 1 aliphatic heterocycles. The average molecular weight is 282 g/mol. The molecule has 0 aliphatic carbocycles. The van der Waals surface area contributed by atoms with E-state index in [4.69, 9.17) is 0 Å². The summed E-state index contributed by atoms with van der Waals surface area (Å²) in [4.78, 5) is 28.5. The molecule has 116 valence electrons. The van der Waals surface area contributed by atoms with Crippen molar-refractivity contribution in [3.63, 3.8) is 0 Å². The fraction of sp³-hybridized carbons (Fsp3) is 0.875. The minimum absolute atomic E-state index is 0.0163. The zero-order valence-electron chi connectivity index (χ0n) is 13.4. The molecule has 0 bridgehead atoms. The van der Waals surface area contributed by atoms with Gasteiger partial charge in [-0.15, -0.1) is 0 Å². The van der Waals surface area contributed by atoms with Crippen LogP contribution in [0.25, 0.3) is 0 Å². The zero-order valence-corrected chi connectivity index (χ0v) is 13.4. The summed E-state index contributed by atoms with van der Waals surface area (Å²) in [6.07, 6.45) is 5.37. The summed E-state index contributed by atoms with van der Waals surface area (Å²) in [5.41, 5.74) is 0. The van der Waals surface area contributed by atoms with E-state index >= 15 is 0 Å². The van der Waals surface area contributed by atoms with Gasteiger partial charge in [0.05, 0.1) is 5.92 Å². The maximum Gasteiger partial charge on any atom is 0.227 e. The molecule has 1 fully saturated rings. The smallest absolute Gasteiger partial charge is 0.227 e. The van der Waals surface area contributed by atoms with E-state index in [-0.39, 0.29) is 17.7 Å². The number of carbonyl (C=O) groups is 2. The minimum Gasteiger partial charge on any atom is -0.342 e. The lowest BCUT2D eigenvalue weighted by Crippen LogP contribution is -2.47. The molecular weight excluding hydrogens is 252 g/mol. The zero-order chi connectivity index (χ0) is 15.0. The average Bonchev–Trinajstić information content (AvgIpc) is 2.46. The predicted octanol–water partition coefficient (Wildman–Crippen LogP) is 2.67. The topological polar surface area (TPSA) is 40.6 Å². The van der Waals surface area contributed by atoms with E-state index in [1.54, 1.807) is 0 Å². The highest BCUT2D eigenvalue weighted by atomic mass is 16.2. The number of hydrogen-bond acceptors (Lipinski definition) is 2. The molecule has 0 spiro atoms. The summed E-state index contributed by atoms with van der Waals surface area (Å²) in [6.45, 7) is 9.36. The van der Waals surface area contributed by atoms with Crippen LogP contribution in [-0.2, 0) is 9.59 Å². The Labute approximate surface area is 123 Å². The number of hydrogen-bond donors (Lipinski definition) is 0. The van der Waals surface area contributed by atoms with Gasteiger partial charge in [0.15, 0.2) is 0 Å². The molecule has 1 aliphatic rings. The van der Waals surface area contributed by atoms with E-state index in [0.717, 1.165) is 51.7 Å². The van der Waals surface area contributed by atoms with Crippen molar-refractivity contribution >= 4 is 11.8 Å². The maximum atomic E-state index is 12.6. The van der Waals surface area contributed by atoms with Crippen LogP contribution in [0.2, 0.25) is 0 Å². The first-order chi connectivity index (χ1) is 9.63.